The van der Waals surface area contributed by atoms with E-state index in [-0.39, 0.29) is 30.2 Å². The number of nitrogens with zero attached hydrogens (tertiary/aromatic N) is 2. The van der Waals surface area contributed by atoms with Crippen LogP contribution in [0.5, 0.6) is 5.75 Å². The Morgan fingerprint density at radius 2 is 1.80 bits per heavy atom. The number of hydrogen-bond donors (Lipinski definition) is 2. The molecule has 0 atom stereocenters. The number of likely N-dealkylation sites (tertiary alicyclic amines) is 1. The Kier molecular flexibility index (Phi) is 12.1. The van der Waals surface area contributed by atoms with Crippen molar-refractivity contribution < 1.29 is 14.4 Å². The van der Waals surface area contributed by atoms with Crippen molar-refractivity contribution in [2.45, 2.75) is 64.7 Å². The lowest BCUT2D eigenvalue weighted by atomic mass is 9.69. The van der Waals surface area contributed by atoms with Gasteiger partial charge in [0.1, 0.15) is 5.75 Å². The molecule has 2 saturated carbocycles. The van der Waals surface area contributed by atoms with Crippen molar-refractivity contribution in [2.75, 3.05) is 46.9 Å². The zero-order chi connectivity index (χ0) is 23.3. The van der Waals surface area contributed by atoms with Gasteiger partial charge in [0.2, 0.25) is 0 Å². The minimum absolute atomic E-state index is 0. The molecule has 6 nitrogen and oxygen atoms in total. The molecule has 1 saturated heterocycles. The normalized spacial score (nSPS) is 19.7. The van der Waals surface area contributed by atoms with Gasteiger partial charge in [-0.05, 0) is 109 Å². The monoisotopic (exact) mass is 529 g/mol. The van der Waals surface area contributed by atoms with E-state index in [1.165, 1.54) is 64.5 Å². The van der Waals surface area contributed by atoms with Crippen LogP contribution in [0.2, 0.25) is 0 Å². The second-order valence-electron chi connectivity index (χ2n) is 10.7. The standard InChI is InChI=1S/C25H36N2O3.C2H7N.2ClH/c1-18-23(29-15-20-3-4-20)8-6-21-22(26-30-24(18)21)7-5-19-9-13-27(14-10-19)16-25(17-28)11-2-12-25;1-3-2;;/h6,8,19-20,28H,2-5,7,9-17H2,1H3;3H,1-2H3;2*1H. The molecule has 8 heteroatoms. The third-order valence-electron chi connectivity index (χ3n) is 7.89. The number of halogens is 2. The van der Waals surface area contributed by atoms with Gasteiger partial charge in [-0.15, -0.1) is 24.8 Å². The molecule has 3 fully saturated rings. The average molecular weight is 531 g/mol. The zero-order valence-electron chi connectivity index (χ0n) is 21.7. The summed E-state index contributed by atoms with van der Waals surface area (Å²) in [5.74, 6) is 2.46. The molecule has 0 radical (unpaired) electrons. The molecule has 2 N–H and O–H groups in total. The molecule has 2 aliphatic carbocycles. The Hall–Kier alpha value is -1.05. The van der Waals surface area contributed by atoms with E-state index in [1.807, 2.05) is 14.1 Å². The van der Waals surface area contributed by atoms with E-state index >= 15 is 0 Å². The molecule has 1 aliphatic heterocycles. The van der Waals surface area contributed by atoms with Crippen LogP contribution in [-0.4, -0.2) is 62.1 Å². The molecule has 5 rings (SSSR count). The maximum Gasteiger partial charge on any atom is 0.173 e. The van der Waals surface area contributed by atoms with E-state index in [4.69, 9.17) is 9.26 Å². The molecule has 35 heavy (non-hydrogen) atoms. The number of nitrogens with one attached hydrogen (secondary N) is 1. The van der Waals surface area contributed by atoms with Crippen molar-refractivity contribution in [3.8, 4) is 5.75 Å². The summed E-state index contributed by atoms with van der Waals surface area (Å²) in [6.45, 7) is 6.70. The molecule has 0 amide bonds. The third kappa shape index (κ3) is 7.72. The van der Waals surface area contributed by atoms with E-state index in [1.54, 1.807) is 0 Å². The average Bonchev–Trinajstić information content (AvgIpc) is 3.54. The molecule has 200 valence electrons. The molecule has 2 aromatic rings. The van der Waals surface area contributed by atoms with Crippen molar-refractivity contribution >= 4 is 35.8 Å². The van der Waals surface area contributed by atoms with Crippen LogP contribution in [0.1, 0.15) is 62.6 Å². The predicted octanol–water partition coefficient (Wildman–Crippen LogP) is 5.41. The highest BCUT2D eigenvalue weighted by Crippen LogP contribution is 2.42. The van der Waals surface area contributed by atoms with Crippen LogP contribution in [0.4, 0.5) is 0 Å². The number of piperidine rings is 1. The van der Waals surface area contributed by atoms with Crippen LogP contribution < -0.4 is 10.1 Å². The van der Waals surface area contributed by atoms with Gasteiger partial charge in [0, 0.05) is 29.5 Å². The van der Waals surface area contributed by atoms with Gasteiger partial charge in [0.25, 0.3) is 0 Å². The largest absolute Gasteiger partial charge is 0.493 e. The Morgan fingerprint density at radius 1 is 1.11 bits per heavy atom. The summed E-state index contributed by atoms with van der Waals surface area (Å²) in [5.41, 5.74) is 3.28. The van der Waals surface area contributed by atoms with Gasteiger partial charge in [0.05, 0.1) is 12.3 Å². The molecule has 1 aromatic carbocycles. The summed E-state index contributed by atoms with van der Waals surface area (Å²) < 4.78 is 11.7. The summed E-state index contributed by atoms with van der Waals surface area (Å²) in [5, 5.41) is 18.1. The number of rotatable bonds is 9. The van der Waals surface area contributed by atoms with Crippen LogP contribution in [0.3, 0.4) is 0 Å². The maximum absolute atomic E-state index is 9.74. The number of aliphatic hydroxyl groups is 1. The summed E-state index contributed by atoms with van der Waals surface area (Å²) >= 11 is 0. The smallest absolute Gasteiger partial charge is 0.173 e. The van der Waals surface area contributed by atoms with Crippen LogP contribution in [0, 0.1) is 24.2 Å². The Balaban J connectivity index is 0.000000823. The predicted molar refractivity (Wildman–Crippen MR) is 147 cm³/mol. The maximum atomic E-state index is 9.74. The van der Waals surface area contributed by atoms with Crippen LogP contribution >= 0.6 is 24.8 Å². The number of benzene rings is 1. The fourth-order valence-corrected chi connectivity index (χ4v) is 5.29. The van der Waals surface area contributed by atoms with E-state index in [9.17, 15) is 5.11 Å². The summed E-state index contributed by atoms with van der Waals surface area (Å²) in [6, 6.07) is 4.22. The van der Waals surface area contributed by atoms with Crippen LogP contribution in [0.15, 0.2) is 16.7 Å². The van der Waals surface area contributed by atoms with Crippen LogP contribution in [0.25, 0.3) is 11.0 Å². The Labute approximate surface area is 223 Å². The number of aryl methyl sites for hydroxylation is 2. The zero-order valence-corrected chi connectivity index (χ0v) is 23.3. The van der Waals surface area contributed by atoms with Crippen molar-refractivity contribution in [3.63, 3.8) is 0 Å². The first-order chi connectivity index (χ1) is 16.1. The van der Waals surface area contributed by atoms with Gasteiger partial charge < -0.3 is 24.6 Å². The number of ether oxygens (including phenoxy) is 1. The molecule has 0 unspecified atom stereocenters. The van der Waals surface area contributed by atoms with E-state index in [0.717, 1.165) is 59.4 Å². The molecular formula is C27H45Cl2N3O3. The van der Waals surface area contributed by atoms with E-state index in [2.05, 4.69) is 34.4 Å². The molecule has 0 bridgehead atoms. The first kappa shape index (κ1) is 30.2. The van der Waals surface area contributed by atoms with Gasteiger partial charge >= 0.3 is 0 Å². The van der Waals surface area contributed by atoms with Crippen molar-refractivity contribution in [2.24, 2.45) is 17.3 Å². The quantitative estimate of drug-likeness (QED) is 0.452. The summed E-state index contributed by atoms with van der Waals surface area (Å²) in [4.78, 5) is 2.59. The Morgan fingerprint density at radius 3 is 2.37 bits per heavy atom. The van der Waals surface area contributed by atoms with Gasteiger partial charge in [-0.1, -0.05) is 11.6 Å². The third-order valence-corrected chi connectivity index (χ3v) is 7.89. The number of hydrogen-bond acceptors (Lipinski definition) is 6. The molecule has 0 spiro atoms. The lowest BCUT2D eigenvalue weighted by Gasteiger charge is -2.45. The van der Waals surface area contributed by atoms with Gasteiger partial charge in [-0.2, -0.15) is 0 Å². The van der Waals surface area contributed by atoms with Gasteiger partial charge in [-0.3, -0.25) is 0 Å². The molecule has 2 heterocycles. The second-order valence-corrected chi connectivity index (χ2v) is 10.7. The van der Waals surface area contributed by atoms with Crippen LogP contribution in [-0.2, 0) is 6.42 Å². The topological polar surface area (TPSA) is 70.8 Å². The summed E-state index contributed by atoms with van der Waals surface area (Å²) in [6.07, 6.45) is 11.0. The van der Waals surface area contributed by atoms with Gasteiger partial charge in [0.15, 0.2) is 5.58 Å². The molecule has 1 aromatic heterocycles. The highest BCUT2D eigenvalue weighted by Gasteiger charge is 2.38. The molecule has 3 aliphatic rings. The number of fused-ring (bicyclic) bond motifs is 1. The minimum Gasteiger partial charge on any atom is -0.493 e. The van der Waals surface area contributed by atoms with Gasteiger partial charge in [-0.25, -0.2) is 0 Å². The number of aliphatic hydroxyl groups excluding tert-OH is 1. The van der Waals surface area contributed by atoms with E-state index in [0.29, 0.717) is 6.61 Å². The Bertz CT molecular complexity index is 886. The molecular weight excluding hydrogens is 485 g/mol. The highest BCUT2D eigenvalue weighted by molar-refractivity contribution is 5.86. The number of aromatic nitrogens is 1. The first-order valence-corrected chi connectivity index (χ1v) is 13.0. The van der Waals surface area contributed by atoms with Crippen molar-refractivity contribution in [3.05, 3.63) is 23.4 Å². The summed E-state index contributed by atoms with van der Waals surface area (Å²) in [7, 11) is 3.75. The van der Waals surface area contributed by atoms with E-state index < -0.39 is 0 Å². The first-order valence-electron chi connectivity index (χ1n) is 13.0. The minimum atomic E-state index is 0. The second kappa shape index (κ2) is 14.0. The van der Waals surface area contributed by atoms with Crippen molar-refractivity contribution in [1.82, 2.24) is 15.4 Å². The fraction of sp³-hybridized carbons (Fsp3) is 0.741. The highest BCUT2D eigenvalue weighted by atomic mass is 35.5. The SMILES string of the molecule is CNC.Cc1c(OCC2CC2)ccc2c(CCC3CCN(CC4(CO)CCC4)CC3)noc12.Cl.Cl. The lowest BCUT2D eigenvalue weighted by Crippen LogP contribution is -2.47. The lowest BCUT2D eigenvalue weighted by molar-refractivity contribution is -0.00152. The van der Waals surface area contributed by atoms with Crippen molar-refractivity contribution in [1.29, 1.82) is 0 Å². The fourth-order valence-electron chi connectivity index (χ4n) is 5.29.